The Kier molecular flexibility index (Phi) is 9.80. The summed E-state index contributed by atoms with van der Waals surface area (Å²) in [6.07, 6.45) is -0.656. The second-order valence-corrected chi connectivity index (χ2v) is 1.51. The summed E-state index contributed by atoms with van der Waals surface area (Å²) in [5, 5.41) is 24.5. The summed E-state index contributed by atoms with van der Waals surface area (Å²) in [4.78, 5) is 0. The minimum absolute atomic E-state index is 0. The Bertz CT molecular complexity index is 51.8. The van der Waals surface area contributed by atoms with Crippen molar-refractivity contribution in [2.75, 3.05) is 6.61 Å². The van der Waals surface area contributed by atoms with E-state index in [-0.39, 0.29) is 36.2 Å². The fourth-order valence-corrected chi connectivity index (χ4v) is 0.225. The summed E-state index contributed by atoms with van der Waals surface area (Å²) >= 11 is 0. The van der Waals surface area contributed by atoms with Crippen LogP contribution in [0.1, 0.15) is 6.92 Å². The molecule has 0 aromatic rings. The molecule has 0 saturated heterocycles. The molecular weight excluding hydrogens is 134 g/mol. The fourth-order valence-electron chi connectivity index (χ4n) is 0.225. The molecule has 0 aromatic carbocycles. The van der Waals surface area contributed by atoms with Gasteiger partial charge in [-0.3, -0.25) is 0 Å². The molecule has 9 heavy (non-hydrogen) atoms. The SMILES string of the molecule is CC(O)COB(O)O.[NaH]. The standard InChI is InChI=1S/C3H9BO4.Na.H/c1-3(5)2-8-4(6)7;;/h3,5-7H,2H2,1H3;;. The number of hydrogen-bond donors (Lipinski definition) is 3. The second kappa shape index (κ2) is 7.02. The molecule has 1 atom stereocenters. The van der Waals surface area contributed by atoms with Crippen LogP contribution in [-0.4, -0.2) is 64.7 Å². The van der Waals surface area contributed by atoms with E-state index in [1.807, 2.05) is 0 Å². The zero-order chi connectivity index (χ0) is 6.57. The number of rotatable bonds is 3. The summed E-state index contributed by atoms with van der Waals surface area (Å²) < 4.78 is 4.16. The van der Waals surface area contributed by atoms with Gasteiger partial charge in [-0.05, 0) is 6.92 Å². The van der Waals surface area contributed by atoms with Gasteiger partial charge in [0.2, 0.25) is 0 Å². The summed E-state index contributed by atoms with van der Waals surface area (Å²) in [6.45, 7) is 1.43. The van der Waals surface area contributed by atoms with Crippen LogP contribution in [-0.2, 0) is 4.65 Å². The van der Waals surface area contributed by atoms with Crippen LogP contribution in [0.4, 0.5) is 0 Å². The Morgan fingerprint density at radius 1 is 1.56 bits per heavy atom. The summed E-state index contributed by atoms with van der Waals surface area (Å²) in [6, 6.07) is 0. The molecule has 0 amide bonds. The first-order chi connectivity index (χ1) is 3.63. The van der Waals surface area contributed by atoms with Crippen LogP contribution >= 0.6 is 0 Å². The molecule has 6 heteroatoms. The Morgan fingerprint density at radius 2 is 2.00 bits per heavy atom. The van der Waals surface area contributed by atoms with Gasteiger partial charge >= 0.3 is 36.9 Å². The quantitative estimate of drug-likeness (QED) is 0.389. The predicted molar refractivity (Wildman–Crippen MR) is 35.0 cm³/mol. The Balaban J connectivity index is 0. The van der Waals surface area contributed by atoms with Crippen molar-refractivity contribution in [3.63, 3.8) is 0 Å². The molecule has 0 bridgehead atoms. The van der Waals surface area contributed by atoms with Gasteiger partial charge in [-0.15, -0.1) is 0 Å². The third-order valence-corrected chi connectivity index (χ3v) is 0.486. The number of aliphatic hydroxyl groups excluding tert-OH is 1. The van der Waals surface area contributed by atoms with Gasteiger partial charge in [0.15, 0.2) is 0 Å². The van der Waals surface area contributed by atoms with E-state index in [1.165, 1.54) is 6.92 Å². The third kappa shape index (κ3) is 12.2. The van der Waals surface area contributed by atoms with Crippen molar-refractivity contribution in [2.24, 2.45) is 0 Å². The van der Waals surface area contributed by atoms with Crippen LogP contribution in [0.5, 0.6) is 0 Å². The van der Waals surface area contributed by atoms with Crippen molar-refractivity contribution < 1.29 is 19.8 Å². The van der Waals surface area contributed by atoms with Gasteiger partial charge in [-0.2, -0.15) is 0 Å². The summed E-state index contributed by atoms with van der Waals surface area (Å²) in [5.41, 5.74) is 0. The van der Waals surface area contributed by atoms with Crippen LogP contribution in [0.3, 0.4) is 0 Å². The van der Waals surface area contributed by atoms with Crippen LogP contribution in [0.15, 0.2) is 0 Å². The molecule has 50 valence electrons. The monoisotopic (exact) mass is 144 g/mol. The van der Waals surface area contributed by atoms with Gasteiger partial charge in [0.05, 0.1) is 12.7 Å². The summed E-state index contributed by atoms with van der Waals surface area (Å²) in [7, 11) is -1.77. The Labute approximate surface area is 76.3 Å². The molecule has 0 saturated carbocycles. The molecule has 0 heterocycles. The topological polar surface area (TPSA) is 69.9 Å². The predicted octanol–water partition coefficient (Wildman–Crippen LogP) is -2.30. The molecule has 1 unspecified atom stereocenters. The van der Waals surface area contributed by atoms with Crippen LogP contribution in [0.25, 0.3) is 0 Å². The molecule has 0 aliphatic rings. The van der Waals surface area contributed by atoms with Crippen molar-refractivity contribution in [1.82, 2.24) is 0 Å². The first kappa shape index (κ1) is 12.6. The van der Waals surface area contributed by atoms with Gasteiger partial charge < -0.3 is 19.8 Å². The van der Waals surface area contributed by atoms with Crippen molar-refractivity contribution >= 4 is 36.9 Å². The molecular formula is C3H10BNaO4. The molecule has 0 aliphatic carbocycles. The van der Waals surface area contributed by atoms with Crippen molar-refractivity contribution in [3.05, 3.63) is 0 Å². The average Bonchev–Trinajstić information content (AvgIpc) is 1.61. The molecule has 3 N–H and O–H groups in total. The van der Waals surface area contributed by atoms with E-state index in [2.05, 4.69) is 4.65 Å². The molecule has 4 nitrogen and oxygen atoms in total. The Hall–Kier alpha value is 0.905. The van der Waals surface area contributed by atoms with Gasteiger partial charge in [0, 0.05) is 0 Å². The first-order valence-electron chi connectivity index (χ1n) is 2.28. The zero-order valence-corrected chi connectivity index (χ0v) is 4.61. The van der Waals surface area contributed by atoms with E-state index in [1.54, 1.807) is 0 Å². The molecule has 0 fully saturated rings. The maximum atomic E-state index is 8.45. The van der Waals surface area contributed by atoms with E-state index in [4.69, 9.17) is 15.2 Å². The van der Waals surface area contributed by atoms with Gasteiger partial charge in [0.25, 0.3) is 0 Å². The molecule has 0 rings (SSSR count). The zero-order valence-electron chi connectivity index (χ0n) is 4.61. The van der Waals surface area contributed by atoms with E-state index >= 15 is 0 Å². The van der Waals surface area contributed by atoms with E-state index < -0.39 is 13.4 Å². The average molecular weight is 144 g/mol. The molecule has 0 aliphatic heterocycles. The maximum absolute atomic E-state index is 8.45. The van der Waals surface area contributed by atoms with E-state index in [0.29, 0.717) is 0 Å². The Morgan fingerprint density at radius 3 is 2.11 bits per heavy atom. The number of aliphatic hydroxyl groups is 1. The van der Waals surface area contributed by atoms with Gasteiger partial charge in [-0.1, -0.05) is 0 Å². The second-order valence-electron chi connectivity index (χ2n) is 1.51. The van der Waals surface area contributed by atoms with Gasteiger partial charge in [-0.25, -0.2) is 0 Å². The third-order valence-electron chi connectivity index (χ3n) is 0.486. The minimum atomic E-state index is -1.77. The van der Waals surface area contributed by atoms with Crippen LogP contribution < -0.4 is 0 Å². The normalized spacial score (nSPS) is 12.0. The van der Waals surface area contributed by atoms with Crippen molar-refractivity contribution in [2.45, 2.75) is 13.0 Å². The number of hydrogen-bond acceptors (Lipinski definition) is 4. The summed E-state index contributed by atoms with van der Waals surface area (Å²) in [5.74, 6) is 0. The van der Waals surface area contributed by atoms with Crippen molar-refractivity contribution in [3.8, 4) is 0 Å². The van der Waals surface area contributed by atoms with E-state index in [0.717, 1.165) is 0 Å². The molecule has 0 radical (unpaired) electrons. The first-order valence-corrected chi connectivity index (χ1v) is 2.28. The van der Waals surface area contributed by atoms with Gasteiger partial charge in [0.1, 0.15) is 0 Å². The van der Waals surface area contributed by atoms with E-state index in [9.17, 15) is 0 Å². The molecule has 0 spiro atoms. The van der Waals surface area contributed by atoms with Crippen molar-refractivity contribution in [1.29, 1.82) is 0 Å². The fraction of sp³-hybridized carbons (Fsp3) is 1.00. The van der Waals surface area contributed by atoms with Crippen LogP contribution in [0, 0.1) is 0 Å². The molecule has 0 aromatic heterocycles. The van der Waals surface area contributed by atoms with Crippen LogP contribution in [0.2, 0.25) is 0 Å².